The normalized spacial score (nSPS) is 19.8. The second-order valence-electron chi connectivity index (χ2n) is 9.00. The standard InChI is InChI=1S/C24H35N5O2/c1-19-8-7-9-21(20(19)2)26-22(30)16-28-12-14-29(15-13-28)17-23(31)27-24(18-25)10-5-3-4-6-11-24/h7-9H,3-6,10-17H2,1-2H3,(H,26,30)(H,27,31). The molecule has 0 atom stereocenters. The van der Waals surface area contributed by atoms with E-state index in [-0.39, 0.29) is 11.8 Å². The zero-order valence-electron chi connectivity index (χ0n) is 18.9. The van der Waals surface area contributed by atoms with Gasteiger partial charge >= 0.3 is 0 Å². The highest BCUT2D eigenvalue weighted by atomic mass is 16.2. The largest absolute Gasteiger partial charge is 0.337 e. The minimum absolute atomic E-state index is 0.00998. The van der Waals surface area contributed by atoms with E-state index in [9.17, 15) is 14.9 Å². The minimum Gasteiger partial charge on any atom is -0.337 e. The molecule has 1 aliphatic carbocycles. The lowest BCUT2D eigenvalue weighted by atomic mass is 9.92. The summed E-state index contributed by atoms with van der Waals surface area (Å²) in [6, 6.07) is 8.30. The lowest BCUT2D eigenvalue weighted by Gasteiger charge is -2.35. The minimum atomic E-state index is -0.693. The maximum absolute atomic E-state index is 12.6. The second kappa shape index (κ2) is 10.7. The Kier molecular flexibility index (Phi) is 8.05. The number of piperazine rings is 1. The van der Waals surface area contributed by atoms with Crippen LogP contribution >= 0.6 is 0 Å². The Labute approximate surface area is 185 Å². The van der Waals surface area contributed by atoms with Crippen molar-refractivity contribution in [2.24, 2.45) is 0 Å². The van der Waals surface area contributed by atoms with Crippen molar-refractivity contribution in [3.63, 3.8) is 0 Å². The van der Waals surface area contributed by atoms with Crippen molar-refractivity contribution in [3.05, 3.63) is 29.3 Å². The van der Waals surface area contributed by atoms with Crippen LogP contribution in [0.4, 0.5) is 5.69 Å². The van der Waals surface area contributed by atoms with Crippen LogP contribution in [0.15, 0.2) is 18.2 Å². The van der Waals surface area contributed by atoms with Crippen molar-refractivity contribution in [3.8, 4) is 6.07 Å². The molecule has 7 heteroatoms. The highest BCUT2D eigenvalue weighted by molar-refractivity contribution is 5.93. The molecule has 0 bridgehead atoms. The van der Waals surface area contributed by atoms with Gasteiger partial charge in [0.05, 0.1) is 19.2 Å². The fourth-order valence-electron chi connectivity index (χ4n) is 4.49. The molecular weight excluding hydrogens is 390 g/mol. The summed E-state index contributed by atoms with van der Waals surface area (Å²) in [6.45, 7) is 7.69. The monoisotopic (exact) mass is 425 g/mol. The average molecular weight is 426 g/mol. The van der Waals surface area contributed by atoms with Gasteiger partial charge in [0.15, 0.2) is 0 Å². The Bertz CT molecular complexity index is 816. The molecule has 1 heterocycles. The first-order chi connectivity index (χ1) is 14.9. The summed E-state index contributed by atoms with van der Waals surface area (Å²) in [5.41, 5.74) is 2.42. The van der Waals surface area contributed by atoms with E-state index in [2.05, 4.69) is 26.5 Å². The van der Waals surface area contributed by atoms with Crippen molar-refractivity contribution in [2.75, 3.05) is 44.6 Å². The molecule has 0 aromatic heterocycles. The van der Waals surface area contributed by atoms with E-state index in [0.717, 1.165) is 81.5 Å². The number of amides is 2. The van der Waals surface area contributed by atoms with Gasteiger partial charge in [0, 0.05) is 31.9 Å². The lowest BCUT2D eigenvalue weighted by Crippen LogP contribution is -2.54. The van der Waals surface area contributed by atoms with Gasteiger partial charge in [-0.3, -0.25) is 19.4 Å². The number of benzene rings is 1. The predicted octanol–water partition coefficient (Wildman–Crippen LogP) is 2.59. The summed E-state index contributed by atoms with van der Waals surface area (Å²) in [5, 5.41) is 15.7. The molecule has 0 unspecified atom stereocenters. The van der Waals surface area contributed by atoms with E-state index < -0.39 is 5.54 Å². The third-order valence-electron chi connectivity index (χ3n) is 6.63. The van der Waals surface area contributed by atoms with Gasteiger partial charge in [0.1, 0.15) is 5.54 Å². The Hall–Kier alpha value is -2.43. The number of nitrogens with one attached hydrogen (secondary N) is 2. The molecule has 0 radical (unpaired) electrons. The van der Waals surface area contributed by atoms with Crippen molar-refractivity contribution in [1.29, 1.82) is 5.26 Å². The van der Waals surface area contributed by atoms with E-state index in [1.807, 2.05) is 32.0 Å². The van der Waals surface area contributed by atoms with E-state index in [4.69, 9.17) is 0 Å². The molecule has 7 nitrogen and oxygen atoms in total. The molecule has 3 rings (SSSR count). The zero-order chi connectivity index (χ0) is 22.3. The van der Waals surface area contributed by atoms with Crippen LogP contribution in [0.25, 0.3) is 0 Å². The zero-order valence-corrected chi connectivity index (χ0v) is 18.9. The van der Waals surface area contributed by atoms with Crippen LogP contribution in [0.3, 0.4) is 0 Å². The smallest absolute Gasteiger partial charge is 0.238 e. The number of carbonyl (C=O) groups is 2. The van der Waals surface area contributed by atoms with Gasteiger partial charge in [-0.25, -0.2) is 0 Å². The third kappa shape index (κ3) is 6.52. The lowest BCUT2D eigenvalue weighted by molar-refractivity contribution is -0.124. The van der Waals surface area contributed by atoms with E-state index >= 15 is 0 Å². The van der Waals surface area contributed by atoms with Crippen LogP contribution in [-0.4, -0.2) is 66.4 Å². The Morgan fingerprint density at radius 1 is 0.968 bits per heavy atom. The molecule has 1 aromatic carbocycles. The second-order valence-corrected chi connectivity index (χ2v) is 9.00. The maximum Gasteiger partial charge on any atom is 0.238 e. The van der Waals surface area contributed by atoms with Crippen molar-refractivity contribution in [1.82, 2.24) is 15.1 Å². The first-order valence-electron chi connectivity index (χ1n) is 11.4. The summed E-state index contributed by atoms with van der Waals surface area (Å²) >= 11 is 0. The van der Waals surface area contributed by atoms with Gasteiger partial charge in [-0.05, 0) is 43.9 Å². The number of aryl methyl sites for hydroxylation is 1. The summed E-state index contributed by atoms with van der Waals surface area (Å²) in [4.78, 5) is 29.3. The summed E-state index contributed by atoms with van der Waals surface area (Å²) in [6.07, 6.45) is 5.76. The van der Waals surface area contributed by atoms with Crippen LogP contribution in [0.2, 0.25) is 0 Å². The van der Waals surface area contributed by atoms with Crippen LogP contribution in [0, 0.1) is 25.2 Å². The van der Waals surface area contributed by atoms with Gasteiger partial charge in [0.2, 0.25) is 11.8 Å². The first-order valence-corrected chi connectivity index (χ1v) is 11.4. The molecule has 0 spiro atoms. The van der Waals surface area contributed by atoms with Crippen LogP contribution in [-0.2, 0) is 9.59 Å². The first kappa shape index (κ1) is 23.2. The SMILES string of the molecule is Cc1cccc(NC(=O)CN2CCN(CC(=O)NC3(C#N)CCCCCC3)CC2)c1C. The molecule has 1 aromatic rings. The topological polar surface area (TPSA) is 88.5 Å². The number of nitrogens with zero attached hydrogens (tertiary/aromatic N) is 3. The molecule has 2 aliphatic rings. The summed E-state index contributed by atoms with van der Waals surface area (Å²) < 4.78 is 0. The van der Waals surface area contributed by atoms with Gasteiger partial charge in [-0.2, -0.15) is 5.26 Å². The molecule has 2 amide bonds. The van der Waals surface area contributed by atoms with Gasteiger partial charge < -0.3 is 10.6 Å². The molecule has 1 aliphatic heterocycles. The number of nitriles is 1. The van der Waals surface area contributed by atoms with Gasteiger partial charge in [-0.1, -0.05) is 37.8 Å². The number of rotatable bonds is 6. The predicted molar refractivity (Wildman–Crippen MR) is 122 cm³/mol. The van der Waals surface area contributed by atoms with Crippen molar-refractivity contribution < 1.29 is 9.59 Å². The molecule has 2 fully saturated rings. The molecule has 1 saturated heterocycles. The quantitative estimate of drug-likeness (QED) is 0.684. The number of anilines is 1. The van der Waals surface area contributed by atoms with Crippen LogP contribution < -0.4 is 10.6 Å². The van der Waals surface area contributed by atoms with E-state index in [1.54, 1.807) is 0 Å². The fraction of sp³-hybridized carbons (Fsp3) is 0.625. The number of hydrogen-bond donors (Lipinski definition) is 2. The number of hydrogen-bond acceptors (Lipinski definition) is 5. The summed E-state index contributed by atoms with van der Waals surface area (Å²) in [5.74, 6) is -0.0752. The summed E-state index contributed by atoms with van der Waals surface area (Å²) in [7, 11) is 0. The van der Waals surface area contributed by atoms with Gasteiger partial charge in [-0.15, -0.1) is 0 Å². The van der Waals surface area contributed by atoms with E-state index in [1.165, 1.54) is 0 Å². The Morgan fingerprint density at radius 3 is 2.13 bits per heavy atom. The Morgan fingerprint density at radius 2 is 1.55 bits per heavy atom. The third-order valence-corrected chi connectivity index (χ3v) is 6.63. The maximum atomic E-state index is 12.6. The highest BCUT2D eigenvalue weighted by Gasteiger charge is 2.33. The molecular formula is C24H35N5O2. The molecule has 1 saturated carbocycles. The molecule has 168 valence electrons. The molecule has 2 N–H and O–H groups in total. The average Bonchev–Trinajstić information content (AvgIpc) is 2.99. The van der Waals surface area contributed by atoms with Crippen LogP contribution in [0.1, 0.15) is 49.7 Å². The van der Waals surface area contributed by atoms with E-state index in [0.29, 0.717) is 13.1 Å². The van der Waals surface area contributed by atoms with Crippen LogP contribution in [0.5, 0.6) is 0 Å². The fourth-order valence-corrected chi connectivity index (χ4v) is 4.49. The van der Waals surface area contributed by atoms with Crippen molar-refractivity contribution in [2.45, 2.75) is 57.9 Å². The number of carbonyl (C=O) groups excluding carboxylic acids is 2. The Balaban J connectivity index is 1.42. The molecule has 31 heavy (non-hydrogen) atoms. The highest BCUT2D eigenvalue weighted by Crippen LogP contribution is 2.26. The van der Waals surface area contributed by atoms with Gasteiger partial charge in [0.25, 0.3) is 0 Å². The van der Waals surface area contributed by atoms with Crippen molar-refractivity contribution >= 4 is 17.5 Å².